The molecule has 0 saturated heterocycles. The van der Waals surface area contributed by atoms with Crippen LogP contribution in [0.5, 0.6) is 0 Å². The molecular formula is C15H17BN6O2S. The Balaban J connectivity index is 1.95. The monoisotopic (exact) mass is 356 g/mol. The van der Waals surface area contributed by atoms with Crippen LogP contribution in [0.25, 0.3) is 11.4 Å². The molecule has 0 amide bonds. The van der Waals surface area contributed by atoms with Gasteiger partial charge in [0, 0.05) is 6.20 Å². The average molecular weight is 356 g/mol. The molecule has 0 aliphatic rings. The first-order valence-electron chi connectivity index (χ1n) is 7.68. The summed E-state index contributed by atoms with van der Waals surface area (Å²) in [5, 5.41) is 17.4. The summed E-state index contributed by atoms with van der Waals surface area (Å²) in [5.74, 6) is 0.189. The van der Waals surface area contributed by atoms with Crippen LogP contribution in [0, 0.1) is 6.92 Å². The summed E-state index contributed by atoms with van der Waals surface area (Å²) >= 11 is 0. The van der Waals surface area contributed by atoms with Gasteiger partial charge in [-0.1, -0.05) is 47.9 Å². The molecule has 1 aromatic carbocycles. The smallest absolute Gasteiger partial charge is 0.243 e. The molecule has 3 rings (SSSR count). The van der Waals surface area contributed by atoms with E-state index in [0.29, 0.717) is 5.56 Å². The molecule has 0 saturated carbocycles. The molecule has 0 aliphatic heterocycles. The number of rotatable bonds is 5. The molecule has 8 nitrogen and oxygen atoms in total. The van der Waals surface area contributed by atoms with E-state index in [-0.39, 0.29) is 23.3 Å². The fourth-order valence-corrected chi connectivity index (χ4v) is 3.31. The van der Waals surface area contributed by atoms with Crippen LogP contribution in [-0.4, -0.2) is 40.4 Å². The molecular weight excluding hydrogens is 339 g/mol. The molecule has 0 unspecified atom stereocenters. The summed E-state index contributed by atoms with van der Waals surface area (Å²) in [6.07, 6.45) is 2.12. The largest absolute Gasteiger partial charge is 0.314 e. The van der Waals surface area contributed by atoms with E-state index < -0.39 is 10.0 Å². The Morgan fingerprint density at radius 1 is 1.20 bits per heavy atom. The molecule has 0 spiro atoms. The maximum atomic E-state index is 11.8. The van der Waals surface area contributed by atoms with Gasteiger partial charge in [0.1, 0.15) is 0 Å². The lowest BCUT2D eigenvalue weighted by Crippen LogP contribution is -2.26. The number of hydrogen-bond acceptors (Lipinski definition) is 6. The third-order valence-electron chi connectivity index (χ3n) is 3.81. The van der Waals surface area contributed by atoms with Crippen LogP contribution in [0.4, 0.5) is 0 Å². The molecule has 2 N–H and O–H groups in total. The number of sulfonamides is 1. The van der Waals surface area contributed by atoms with E-state index in [4.69, 9.17) is 5.14 Å². The second kappa shape index (κ2) is 6.73. The normalized spacial score (nSPS) is 11.5. The zero-order valence-electron chi connectivity index (χ0n) is 13.9. The molecule has 0 aliphatic carbocycles. The summed E-state index contributed by atoms with van der Waals surface area (Å²) in [6, 6.07) is 11.6. The van der Waals surface area contributed by atoms with Gasteiger partial charge in [-0.05, 0) is 24.9 Å². The maximum absolute atomic E-state index is 11.8. The molecule has 3 aromatic rings. The topological polar surface area (TPSA) is 117 Å². The summed E-state index contributed by atoms with van der Waals surface area (Å²) in [6.45, 7) is 3.67. The van der Waals surface area contributed by atoms with Gasteiger partial charge < -0.3 is 0 Å². The van der Waals surface area contributed by atoms with E-state index >= 15 is 0 Å². The first kappa shape index (κ1) is 17.2. The number of aromatic nitrogens is 5. The van der Waals surface area contributed by atoms with Gasteiger partial charge >= 0.3 is 6.85 Å². The highest BCUT2D eigenvalue weighted by atomic mass is 32.2. The zero-order valence-corrected chi connectivity index (χ0v) is 14.7. The average Bonchev–Trinajstić information content (AvgIpc) is 3.04. The number of tetrazole rings is 1. The number of nitrogens with two attached hydrogens (primary N) is 1. The van der Waals surface area contributed by atoms with E-state index in [0.717, 1.165) is 11.9 Å². The number of primary sulfonamides is 1. The van der Waals surface area contributed by atoms with Crippen molar-refractivity contribution in [3.05, 3.63) is 53.7 Å². The molecule has 2 aromatic heterocycles. The van der Waals surface area contributed by atoms with Crippen molar-refractivity contribution in [3.63, 3.8) is 0 Å². The van der Waals surface area contributed by atoms with Crippen LogP contribution in [0.1, 0.15) is 11.1 Å². The van der Waals surface area contributed by atoms with Gasteiger partial charge in [0.15, 0.2) is 5.03 Å². The van der Waals surface area contributed by atoms with Gasteiger partial charge in [-0.25, -0.2) is 23.2 Å². The number of pyridine rings is 1. The van der Waals surface area contributed by atoms with Crippen molar-refractivity contribution in [2.24, 2.45) is 5.14 Å². The number of aryl methyl sites for hydroxylation is 1. The zero-order chi connectivity index (χ0) is 18.0. The third-order valence-corrected chi connectivity index (χ3v) is 4.66. The van der Waals surface area contributed by atoms with E-state index in [1.54, 1.807) is 13.0 Å². The standard InChI is InChI=1S/C15H17BN6O2S/c1-11-8-9-18-15(25(17,23)24)13(11)14-19-21-22(20-14)16(2)10-12-6-4-3-5-7-12/h3-9H,10H2,1-2H3,(H2,17,23,24). The number of nitrogens with zero attached hydrogens (tertiary/aromatic N) is 5. The highest BCUT2D eigenvalue weighted by Gasteiger charge is 2.24. The first-order valence-corrected chi connectivity index (χ1v) is 9.23. The van der Waals surface area contributed by atoms with Crippen LogP contribution in [0.15, 0.2) is 47.6 Å². The summed E-state index contributed by atoms with van der Waals surface area (Å²) in [7, 11) is -3.99. The third kappa shape index (κ3) is 3.75. The van der Waals surface area contributed by atoms with Crippen molar-refractivity contribution in [2.45, 2.75) is 25.1 Å². The van der Waals surface area contributed by atoms with Crippen LogP contribution in [0.2, 0.25) is 6.82 Å². The van der Waals surface area contributed by atoms with Gasteiger partial charge in [-0.3, -0.25) is 0 Å². The molecule has 0 bridgehead atoms. The molecule has 128 valence electrons. The van der Waals surface area contributed by atoms with Gasteiger partial charge in [-0.2, -0.15) is 0 Å². The Morgan fingerprint density at radius 3 is 2.60 bits per heavy atom. The maximum Gasteiger partial charge on any atom is 0.314 e. The van der Waals surface area contributed by atoms with E-state index in [1.165, 1.54) is 10.9 Å². The molecule has 0 atom stereocenters. The highest BCUT2D eigenvalue weighted by Crippen LogP contribution is 2.24. The summed E-state index contributed by atoms with van der Waals surface area (Å²) in [4.78, 5) is 3.88. The minimum atomic E-state index is -3.99. The highest BCUT2D eigenvalue weighted by molar-refractivity contribution is 7.89. The molecule has 25 heavy (non-hydrogen) atoms. The lowest BCUT2D eigenvalue weighted by atomic mass is 9.61. The van der Waals surface area contributed by atoms with Crippen molar-refractivity contribution in [1.29, 1.82) is 0 Å². The predicted molar refractivity (Wildman–Crippen MR) is 94.3 cm³/mol. The van der Waals surface area contributed by atoms with Crippen molar-refractivity contribution in [1.82, 2.24) is 25.1 Å². The Labute approximate surface area is 146 Å². The van der Waals surface area contributed by atoms with E-state index in [2.05, 4.69) is 20.4 Å². The van der Waals surface area contributed by atoms with Gasteiger partial charge in [0.25, 0.3) is 10.0 Å². The molecule has 0 radical (unpaired) electrons. The quantitative estimate of drug-likeness (QED) is 0.680. The van der Waals surface area contributed by atoms with Crippen LogP contribution in [0.3, 0.4) is 0 Å². The predicted octanol–water partition coefficient (Wildman–Crippen LogP) is 0.942. The molecule has 0 fully saturated rings. The SMILES string of the molecule is CB(Cc1ccccc1)n1nnc(-c2c(C)ccnc2S(N)(=O)=O)n1. The fourth-order valence-electron chi connectivity index (χ4n) is 2.57. The van der Waals surface area contributed by atoms with Gasteiger partial charge in [0.2, 0.25) is 5.82 Å². The van der Waals surface area contributed by atoms with Gasteiger partial charge in [-0.15, -0.1) is 10.2 Å². The van der Waals surface area contributed by atoms with Crippen molar-refractivity contribution >= 4 is 16.9 Å². The van der Waals surface area contributed by atoms with E-state index in [9.17, 15) is 8.42 Å². The van der Waals surface area contributed by atoms with Crippen molar-refractivity contribution in [3.8, 4) is 11.4 Å². The number of hydrogen-bond donors (Lipinski definition) is 1. The van der Waals surface area contributed by atoms with Crippen LogP contribution < -0.4 is 5.14 Å². The minimum Gasteiger partial charge on any atom is -0.243 e. The Kier molecular flexibility index (Phi) is 4.64. The molecule has 10 heteroatoms. The summed E-state index contributed by atoms with van der Waals surface area (Å²) < 4.78 is 25.1. The second-order valence-corrected chi connectivity index (χ2v) is 7.30. The van der Waals surface area contributed by atoms with Crippen LogP contribution >= 0.6 is 0 Å². The summed E-state index contributed by atoms with van der Waals surface area (Å²) in [5.41, 5.74) is 2.09. The van der Waals surface area contributed by atoms with Gasteiger partial charge in [0.05, 0.1) is 5.56 Å². The van der Waals surface area contributed by atoms with Crippen molar-refractivity contribution in [2.75, 3.05) is 0 Å². The Morgan fingerprint density at radius 2 is 1.92 bits per heavy atom. The van der Waals surface area contributed by atoms with E-state index in [1.807, 2.05) is 37.2 Å². The Hall–Kier alpha value is -2.59. The van der Waals surface area contributed by atoms with Crippen LogP contribution in [-0.2, 0) is 16.3 Å². The first-order chi connectivity index (χ1) is 11.9. The Bertz CT molecular complexity index is 990. The minimum absolute atomic E-state index is 0.0430. The lowest BCUT2D eigenvalue weighted by molar-refractivity contribution is 0.594. The lowest BCUT2D eigenvalue weighted by Gasteiger charge is -2.07. The number of benzene rings is 1. The molecule has 2 heterocycles. The van der Waals surface area contributed by atoms with Crippen molar-refractivity contribution < 1.29 is 8.42 Å². The second-order valence-electron chi connectivity index (χ2n) is 5.83. The fraction of sp³-hybridized carbons (Fsp3) is 0.200.